The average molecular weight is 577 g/mol. The molecule has 0 aliphatic heterocycles. The summed E-state index contributed by atoms with van der Waals surface area (Å²) in [6.45, 7) is 12.8. The number of hydrogen-bond donors (Lipinski definition) is 3. The van der Waals surface area contributed by atoms with Crippen LogP contribution in [0.4, 0.5) is 0 Å². The Morgan fingerprint density at radius 2 is 1.29 bits per heavy atom. The Labute approximate surface area is 253 Å². The van der Waals surface area contributed by atoms with E-state index < -0.39 is 12.2 Å². The van der Waals surface area contributed by atoms with Crippen LogP contribution in [0, 0.1) is 19.3 Å². The van der Waals surface area contributed by atoms with Gasteiger partial charge in [-0.05, 0) is 91.3 Å². The van der Waals surface area contributed by atoms with E-state index in [1.807, 2.05) is 19.1 Å². The standard InChI is InChI=1S/C37H52O5/c1-7-37(8-2,30-17-19-33(27(3)22-30)41-25-32(39)24-38)31-18-20-34(28(4)23-31)42-26-35(40)36(5,6)21-13-12-16-29-14-10-9-11-15-29/h9-11,14-15,17-20,22-23,32,35,38-40H,7-8,12-13,16,21,24-26H2,1-6H3/t32-,35?/m0/s1. The van der Waals surface area contributed by atoms with Crippen molar-refractivity contribution in [3.63, 3.8) is 0 Å². The van der Waals surface area contributed by atoms with Gasteiger partial charge in [0.2, 0.25) is 0 Å². The molecule has 5 nitrogen and oxygen atoms in total. The summed E-state index contributed by atoms with van der Waals surface area (Å²) >= 11 is 0. The summed E-state index contributed by atoms with van der Waals surface area (Å²) in [5.41, 5.74) is 5.48. The first-order valence-electron chi connectivity index (χ1n) is 15.5. The Hall–Kier alpha value is -2.86. The van der Waals surface area contributed by atoms with Crippen molar-refractivity contribution in [2.24, 2.45) is 5.41 Å². The van der Waals surface area contributed by atoms with Gasteiger partial charge in [-0.2, -0.15) is 0 Å². The molecule has 1 unspecified atom stereocenters. The van der Waals surface area contributed by atoms with Gasteiger partial charge in [-0.3, -0.25) is 0 Å². The van der Waals surface area contributed by atoms with Crippen LogP contribution in [0.15, 0.2) is 66.7 Å². The lowest BCUT2D eigenvalue weighted by molar-refractivity contribution is 0.00561. The highest BCUT2D eigenvalue weighted by molar-refractivity contribution is 5.48. The fourth-order valence-corrected chi connectivity index (χ4v) is 5.81. The number of benzene rings is 3. The van der Waals surface area contributed by atoms with Gasteiger partial charge in [0.05, 0.1) is 12.7 Å². The van der Waals surface area contributed by atoms with E-state index >= 15 is 0 Å². The van der Waals surface area contributed by atoms with Crippen LogP contribution in [0.3, 0.4) is 0 Å². The van der Waals surface area contributed by atoms with E-state index in [2.05, 4.69) is 89.2 Å². The first kappa shape index (κ1) is 33.6. The molecule has 0 spiro atoms. The molecule has 230 valence electrons. The van der Waals surface area contributed by atoms with Crippen LogP contribution in [0.5, 0.6) is 11.5 Å². The van der Waals surface area contributed by atoms with Crippen molar-refractivity contribution in [1.82, 2.24) is 0 Å². The molecule has 0 aliphatic rings. The minimum atomic E-state index is -0.893. The first-order valence-corrected chi connectivity index (χ1v) is 15.5. The SMILES string of the molecule is CCC(CC)(c1ccc(OCC(O)C(C)(C)CCCCc2ccccc2)c(C)c1)c1ccc(OC[C@@H](O)CO)c(C)c1. The number of aliphatic hydroxyl groups is 3. The van der Waals surface area contributed by atoms with Crippen LogP contribution in [-0.2, 0) is 11.8 Å². The van der Waals surface area contributed by atoms with E-state index in [1.54, 1.807) is 0 Å². The molecule has 0 radical (unpaired) electrons. The molecule has 2 atom stereocenters. The summed E-state index contributed by atoms with van der Waals surface area (Å²) in [5.74, 6) is 1.52. The van der Waals surface area contributed by atoms with Crippen LogP contribution in [0.1, 0.15) is 87.6 Å². The zero-order valence-electron chi connectivity index (χ0n) is 26.5. The molecular weight excluding hydrogens is 524 g/mol. The fourth-order valence-electron chi connectivity index (χ4n) is 5.81. The lowest BCUT2D eigenvalue weighted by atomic mass is 9.70. The van der Waals surface area contributed by atoms with E-state index in [-0.39, 0.29) is 30.7 Å². The number of rotatable bonds is 17. The third-order valence-electron chi connectivity index (χ3n) is 8.98. The van der Waals surface area contributed by atoms with Crippen molar-refractivity contribution in [1.29, 1.82) is 0 Å². The molecule has 3 aromatic rings. The zero-order chi connectivity index (χ0) is 30.8. The quantitative estimate of drug-likeness (QED) is 0.147. The Kier molecular flexibility index (Phi) is 12.5. The van der Waals surface area contributed by atoms with Crippen molar-refractivity contribution < 1.29 is 24.8 Å². The van der Waals surface area contributed by atoms with Gasteiger partial charge in [0.15, 0.2) is 0 Å². The highest BCUT2D eigenvalue weighted by Gasteiger charge is 2.32. The Morgan fingerprint density at radius 3 is 1.79 bits per heavy atom. The van der Waals surface area contributed by atoms with E-state index in [0.29, 0.717) is 5.75 Å². The van der Waals surface area contributed by atoms with Crippen molar-refractivity contribution in [3.05, 3.63) is 94.5 Å². The summed E-state index contributed by atoms with van der Waals surface area (Å²) in [5, 5.41) is 29.8. The third-order valence-corrected chi connectivity index (χ3v) is 8.98. The molecule has 3 rings (SSSR count). The summed E-state index contributed by atoms with van der Waals surface area (Å²) in [4.78, 5) is 0. The van der Waals surface area contributed by atoms with Crippen LogP contribution >= 0.6 is 0 Å². The monoisotopic (exact) mass is 576 g/mol. The molecule has 42 heavy (non-hydrogen) atoms. The summed E-state index contributed by atoms with van der Waals surface area (Å²) < 4.78 is 11.9. The highest BCUT2D eigenvalue weighted by Crippen LogP contribution is 2.41. The topological polar surface area (TPSA) is 79.2 Å². The molecule has 3 aromatic carbocycles. The van der Waals surface area contributed by atoms with Crippen molar-refractivity contribution in [3.8, 4) is 11.5 Å². The third kappa shape index (κ3) is 8.59. The second-order valence-electron chi connectivity index (χ2n) is 12.4. The molecule has 0 saturated carbocycles. The number of ether oxygens (including phenoxy) is 2. The smallest absolute Gasteiger partial charge is 0.122 e. The lowest BCUT2D eigenvalue weighted by Gasteiger charge is -2.34. The van der Waals surface area contributed by atoms with Gasteiger partial charge < -0.3 is 24.8 Å². The molecule has 5 heteroatoms. The summed E-state index contributed by atoms with van der Waals surface area (Å²) in [7, 11) is 0. The van der Waals surface area contributed by atoms with E-state index in [0.717, 1.165) is 55.4 Å². The van der Waals surface area contributed by atoms with Gasteiger partial charge in [-0.25, -0.2) is 0 Å². The van der Waals surface area contributed by atoms with E-state index in [9.17, 15) is 10.2 Å². The molecular formula is C37H52O5. The van der Waals surface area contributed by atoms with Gasteiger partial charge in [0.1, 0.15) is 30.8 Å². The molecule has 0 amide bonds. The Balaban J connectivity index is 1.65. The van der Waals surface area contributed by atoms with E-state index in [1.165, 1.54) is 16.7 Å². The van der Waals surface area contributed by atoms with Crippen LogP contribution < -0.4 is 9.47 Å². The van der Waals surface area contributed by atoms with Gasteiger partial charge in [0, 0.05) is 5.41 Å². The predicted molar refractivity (Wildman–Crippen MR) is 172 cm³/mol. The summed E-state index contributed by atoms with van der Waals surface area (Å²) in [6, 6.07) is 23.2. The summed E-state index contributed by atoms with van der Waals surface area (Å²) in [6.07, 6.45) is 4.62. The molecule has 0 aromatic heterocycles. The maximum absolute atomic E-state index is 11.0. The molecule has 0 aliphatic carbocycles. The van der Waals surface area contributed by atoms with Gasteiger partial charge in [-0.15, -0.1) is 0 Å². The lowest BCUT2D eigenvalue weighted by Crippen LogP contribution is -2.34. The number of unbranched alkanes of at least 4 members (excludes halogenated alkanes) is 1. The maximum atomic E-state index is 11.0. The van der Waals surface area contributed by atoms with Crippen LogP contribution in [0.25, 0.3) is 0 Å². The molecule has 0 saturated heterocycles. The Morgan fingerprint density at radius 1 is 0.738 bits per heavy atom. The zero-order valence-corrected chi connectivity index (χ0v) is 26.5. The van der Waals surface area contributed by atoms with Crippen molar-refractivity contribution >= 4 is 0 Å². The second-order valence-corrected chi connectivity index (χ2v) is 12.4. The fraction of sp³-hybridized carbons (Fsp3) is 0.514. The van der Waals surface area contributed by atoms with Crippen molar-refractivity contribution in [2.75, 3.05) is 19.8 Å². The second kappa shape index (κ2) is 15.6. The normalized spacial score (nSPS) is 13.5. The molecule has 3 N–H and O–H groups in total. The minimum Gasteiger partial charge on any atom is -0.491 e. The van der Waals surface area contributed by atoms with Crippen molar-refractivity contribution in [2.45, 2.75) is 97.7 Å². The molecule has 0 bridgehead atoms. The molecule has 0 fully saturated rings. The number of hydrogen-bond acceptors (Lipinski definition) is 5. The first-order chi connectivity index (χ1) is 20.1. The van der Waals surface area contributed by atoms with Gasteiger partial charge >= 0.3 is 0 Å². The minimum absolute atomic E-state index is 0.0597. The number of aliphatic hydroxyl groups excluding tert-OH is 3. The number of aryl methyl sites for hydroxylation is 3. The average Bonchev–Trinajstić information content (AvgIpc) is 2.99. The maximum Gasteiger partial charge on any atom is 0.122 e. The molecule has 0 heterocycles. The highest BCUT2D eigenvalue weighted by atomic mass is 16.5. The van der Waals surface area contributed by atoms with Gasteiger partial charge in [0.25, 0.3) is 0 Å². The van der Waals surface area contributed by atoms with Gasteiger partial charge in [-0.1, -0.05) is 88.7 Å². The largest absolute Gasteiger partial charge is 0.491 e. The predicted octanol–water partition coefficient (Wildman–Crippen LogP) is 7.32. The van der Waals surface area contributed by atoms with Crippen LogP contribution in [0.2, 0.25) is 0 Å². The van der Waals surface area contributed by atoms with E-state index in [4.69, 9.17) is 14.6 Å². The Bertz CT molecular complexity index is 1230. The van der Waals surface area contributed by atoms with Crippen LogP contribution in [-0.4, -0.2) is 47.3 Å².